The van der Waals surface area contributed by atoms with Crippen LogP contribution in [0.15, 0.2) is 522 Å². The van der Waals surface area contributed by atoms with E-state index in [4.69, 9.17) is 0 Å². The molecule has 148 heavy (non-hydrogen) atoms. The first-order chi connectivity index (χ1) is 73.4. The summed E-state index contributed by atoms with van der Waals surface area (Å²) in [5.41, 5.74) is 21.1. The van der Waals surface area contributed by atoms with Gasteiger partial charge in [-0.2, -0.15) is 0 Å². The predicted molar refractivity (Wildman–Crippen MR) is 644 cm³/mol. The summed E-state index contributed by atoms with van der Waals surface area (Å²) in [6, 6.07) is 196. The Bertz CT molecular complexity index is 9680. The molecule has 24 aromatic carbocycles. The second-order valence-electron chi connectivity index (χ2n) is 39.2. The van der Waals surface area contributed by atoms with Crippen molar-refractivity contribution in [2.75, 3.05) is 29.4 Å². The number of fused-ring (bicyclic) bond motifs is 25. The van der Waals surface area contributed by atoms with Crippen molar-refractivity contribution in [3.63, 3.8) is 0 Å². The van der Waals surface area contributed by atoms with Crippen molar-refractivity contribution in [2.45, 2.75) is 0 Å². The van der Waals surface area contributed by atoms with Gasteiger partial charge in [0, 0.05) is 138 Å². The van der Waals surface area contributed by atoms with Crippen LogP contribution in [0.4, 0.5) is 102 Å². The molecular weight excluding hydrogens is 1900 g/mol. The number of hydrogen-bond acceptors (Lipinski definition) is 10. The Morgan fingerprint density at radius 2 is 0.365 bits per heavy atom. The third-order valence-electron chi connectivity index (χ3n) is 31.5. The number of thiophene rings is 4. The molecule has 32 rings (SSSR count). The van der Waals surface area contributed by atoms with E-state index in [1.54, 1.807) is 0 Å². The van der Waals surface area contributed by atoms with Crippen molar-refractivity contribution >= 4 is 329 Å². The molecule has 6 nitrogen and oxygen atoms in total. The second kappa shape index (κ2) is 33.5. The van der Waals surface area contributed by atoms with Crippen LogP contribution in [-0.4, -0.2) is 16.1 Å². The van der Waals surface area contributed by atoms with Gasteiger partial charge in [-0.3, -0.25) is 0 Å². The van der Waals surface area contributed by atoms with Crippen LogP contribution in [0.25, 0.3) is 124 Å². The first-order valence-corrected chi connectivity index (χ1v) is 57.9. The minimum atomic E-state index is -2.89. The van der Waals surface area contributed by atoms with E-state index in [0.717, 1.165) is 79.6 Å². The molecule has 0 bridgehead atoms. The Morgan fingerprint density at radius 3 is 0.703 bits per heavy atom. The normalized spacial score (nSPS) is 13.7. The standard InChI is InChI=1S/C74H48N2S2Si2.C62H38N4S2/c1-5-21-53(22-6-1)79(54-23-7-2-8-24-54)71-35-19-15-31-63(71)75(65-47-69-61(45-73(65)79)59-29-13-17-33-67(59)77-69)51-39-41-57-49(43-51)37-38-50-44-52(40-42-58(50)57)76-64-32-16-20-36-72(64)80(55-25-9-3-10-26-55,56-27-11-4-12-28-56)74-46-62-60-30-14-18-34-68(60)78-70(62)48-66(74)76;1-3-15-43(16-4-1)63-51-21-9-11-23-53(51)65(57-37-61-49(35-55(57)63)47-19-7-13-25-59(47)67-61)45-29-27-39-32-42-34-46(30-28-40(42)31-41(39)33-45)66-54-24-12-10-22-52(54)64(44-17-5-2-6-18-44)56-36-50-48-20-8-14-26-60(48)68-62(50)38-58(56)66/h1-48H;1-38H. The fourth-order valence-corrected chi connectivity index (χ4v) is 39.9. The Kier molecular flexibility index (Phi) is 19.2. The molecule has 692 valence electrons. The number of para-hydroxylation sites is 8. The predicted octanol–water partition coefficient (Wildman–Crippen LogP) is 34.3. The molecule has 0 fully saturated rings. The van der Waals surface area contributed by atoms with E-state index in [1.165, 1.54) is 188 Å². The third kappa shape index (κ3) is 12.8. The molecule has 0 saturated heterocycles. The lowest BCUT2D eigenvalue weighted by Crippen LogP contribution is -2.77. The molecule has 0 radical (unpaired) electrons. The lowest BCUT2D eigenvalue weighted by atomic mass is 9.99. The zero-order valence-corrected chi connectivity index (χ0v) is 85.2. The molecule has 0 spiro atoms. The van der Waals surface area contributed by atoms with Crippen molar-refractivity contribution in [3.8, 4) is 0 Å². The Balaban J connectivity index is 0.000000136. The number of rotatable bonds is 10. The summed E-state index contributed by atoms with van der Waals surface area (Å²) in [7, 11) is -5.77. The molecule has 4 aliphatic heterocycles. The van der Waals surface area contributed by atoms with E-state index in [2.05, 4.69) is 551 Å². The molecule has 0 N–H and O–H groups in total. The molecule has 4 aromatic heterocycles. The van der Waals surface area contributed by atoms with E-state index < -0.39 is 16.1 Å². The summed E-state index contributed by atoms with van der Waals surface area (Å²) in [5.74, 6) is 0. The van der Waals surface area contributed by atoms with E-state index in [0.29, 0.717) is 0 Å². The van der Waals surface area contributed by atoms with Crippen LogP contribution < -0.4 is 70.9 Å². The molecule has 0 aliphatic carbocycles. The Hall–Kier alpha value is -17.6. The summed E-state index contributed by atoms with van der Waals surface area (Å²) in [5, 5.41) is 31.4. The molecule has 0 atom stereocenters. The van der Waals surface area contributed by atoms with Crippen LogP contribution in [0.2, 0.25) is 0 Å². The van der Waals surface area contributed by atoms with Gasteiger partial charge in [0.25, 0.3) is 0 Å². The van der Waals surface area contributed by atoms with Crippen molar-refractivity contribution in [1.82, 2.24) is 0 Å². The molecule has 0 saturated carbocycles. The summed E-state index contributed by atoms with van der Waals surface area (Å²) in [4.78, 5) is 15.0. The minimum Gasteiger partial charge on any atom is -0.311 e. The molecule has 4 aliphatic rings. The van der Waals surface area contributed by atoms with Gasteiger partial charge in [0.2, 0.25) is 0 Å². The minimum absolute atomic E-state index is 1.13. The van der Waals surface area contributed by atoms with Gasteiger partial charge in [0.1, 0.15) is 0 Å². The number of nitrogens with zero attached hydrogens (tertiary/aromatic N) is 6. The quantitative estimate of drug-likeness (QED) is 0.0767. The third-order valence-corrected chi connectivity index (χ3v) is 45.7. The Morgan fingerprint density at radius 1 is 0.122 bits per heavy atom. The number of hydrogen-bond donors (Lipinski definition) is 0. The van der Waals surface area contributed by atoms with Gasteiger partial charge in [0.15, 0.2) is 16.1 Å². The average Bonchev–Trinajstić information content (AvgIpc) is 0.898. The zero-order chi connectivity index (χ0) is 97.0. The van der Waals surface area contributed by atoms with Gasteiger partial charge in [-0.1, -0.05) is 340 Å². The maximum atomic E-state index is 2.58. The first-order valence-electron chi connectivity index (χ1n) is 50.6. The fourth-order valence-electron chi connectivity index (χ4n) is 25.2. The number of anilines is 18. The van der Waals surface area contributed by atoms with Gasteiger partial charge >= 0.3 is 0 Å². The fraction of sp³-hybridized carbons (Fsp3) is 0. The van der Waals surface area contributed by atoms with Gasteiger partial charge < -0.3 is 29.4 Å². The van der Waals surface area contributed by atoms with E-state index in [-0.39, 0.29) is 0 Å². The molecule has 12 heteroatoms. The zero-order valence-electron chi connectivity index (χ0n) is 80.0. The summed E-state index contributed by atoms with van der Waals surface area (Å²) < 4.78 is 10.4. The highest BCUT2D eigenvalue weighted by Gasteiger charge is 2.52. The largest absolute Gasteiger partial charge is 0.311 e. The van der Waals surface area contributed by atoms with Crippen molar-refractivity contribution in [3.05, 3.63) is 522 Å². The lowest BCUT2D eigenvalue weighted by Gasteiger charge is -2.45. The van der Waals surface area contributed by atoms with Gasteiger partial charge in [-0.25, -0.2) is 0 Å². The second-order valence-corrected chi connectivity index (χ2v) is 51.0. The Labute approximate surface area is 872 Å². The highest BCUT2D eigenvalue weighted by atomic mass is 32.1. The van der Waals surface area contributed by atoms with Crippen LogP contribution in [-0.2, 0) is 0 Å². The summed E-state index contributed by atoms with van der Waals surface area (Å²) >= 11 is 7.53. The van der Waals surface area contributed by atoms with Gasteiger partial charge in [0.05, 0.1) is 45.5 Å². The smallest absolute Gasteiger partial charge is 0.184 e. The SMILES string of the molecule is c1ccc(N2c3ccccc3N(c3ccc4cc5cc(N6c7ccccc7N(c7ccccc7)c7cc8c(cc76)sc6ccccc68)ccc5cc4c3)c3cc4sc5ccccc5c4cc32)cc1.c1ccc([Si]2(c3ccccc3)c3ccccc3N(c3ccc4c(ccc5cc(N6c7ccccc7[Si](c7ccccc7)(c7ccccc7)c7cc8c(cc76)sc6ccccc68)ccc54)c3)c3cc4sc5ccccc5c4cc32)cc1. The molecule has 28 aromatic rings. The molecule has 0 unspecified atom stereocenters. The van der Waals surface area contributed by atoms with E-state index >= 15 is 0 Å². The van der Waals surface area contributed by atoms with Crippen LogP contribution in [0, 0.1) is 0 Å². The maximum absolute atomic E-state index is 2.89. The van der Waals surface area contributed by atoms with Crippen LogP contribution >= 0.6 is 45.3 Å². The van der Waals surface area contributed by atoms with Crippen molar-refractivity contribution < 1.29 is 0 Å². The first kappa shape index (κ1) is 84.9. The summed E-state index contributed by atoms with van der Waals surface area (Å²) in [6.45, 7) is 0. The maximum Gasteiger partial charge on any atom is 0.184 e. The van der Waals surface area contributed by atoms with Gasteiger partial charge in [-0.05, 0) is 267 Å². The average molecular weight is 1990 g/mol. The van der Waals surface area contributed by atoms with E-state index in [9.17, 15) is 0 Å². The topological polar surface area (TPSA) is 19.4 Å². The molecule has 8 heterocycles. The number of benzene rings is 24. The highest BCUT2D eigenvalue weighted by molar-refractivity contribution is 7.28. The monoisotopic (exact) mass is 1990 g/mol. The van der Waals surface area contributed by atoms with Crippen molar-refractivity contribution in [2.24, 2.45) is 0 Å². The van der Waals surface area contributed by atoms with Crippen LogP contribution in [0.3, 0.4) is 0 Å². The van der Waals surface area contributed by atoms with Crippen LogP contribution in [0.1, 0.15) is 0 Å². The van der Waals surface area contributed by atoms with Gasteiger partial charge in [-0.15, -0.1) is 45.3 Å². The lowest BCUT2D eigenvalue weighted by molar-refractivity contribution is 1.18. The molecular formula is C136H86N6S4Si2. The highest BCUT2D eigenvalue weighted by Crippen LogP contribution is 2.60. The van der Waals surface area contributed by atoms with Crippen LogP contribution in [0.5, 0.6) is 0 Å². The van der Waals surface area contributed by atoms with Crippen molar-refractivity contribution in [1.29, 1.82) is 0 Å². The summed E-state index contributed by atoms with van der Waals surface area (Å²) in [6.07, 6.45) is 0. The van der Waals surface area contributed by atoms with E-state index in [1.807, 2.05) is 45.3 Å². The molecule has 0 amide bonds.